The summed E-state index contributed by atoms with van der Waals surface area (Å²) in [6.07, 6.45) is 4.91. The molecule has 0 aliphatic rings. The molecule has 1 unspecified atom stereocenters. The lowest BCUT2D eigenvalue weighted by molar-refractivity contribution is 0.521. The molecule has 0 aromatic heterocycles. The first kappa shape index (κ1) is 15.3. The van der Waals surface area contributed by atoms with E-state index in [9.17, 15) is 0 Å². The van der Waals surface area contributed by atoms with Gasteiger partial charge in [-0.1, -0.05) is 44.9 Å². The molecule has 0 aliphatic carbocycles. The first-order valence-electron chi connectivity index (χ1n) is 5.25. The Bertz CT molecular complexity index is 215. The van der Waals surface area contributed by atoms with Crippen molar-refractivity contribution in [2.24, 2.45) is 4.99 Å². The number of hydrogen-bond donors (Lipinski definition) is 1. The van der Waals surface area contributed by atoms with Gasteiger partial charge in [0.15, 0.2) is 0 Å². The number of aliphatic imine (C=N–C) groups is 1. The highest BCUT2D eigenvalue weighted by atomic mass is 79.9. The molecule has 0 aliphatic heterocycles. The van der Waals surface area contributed by atoms with E-state index in [1.54, 1.807) is 0 Å². The van der Waals surface area contributed by atoms with Crippen molar-refractivity contribution in [2.75, 3.05) is 10.7 Å². The zero-order valence-electron chi connectivity index (χ0n) is 9.63. The Hall–Kier alpha value is 0.330. The van der Waals surface area contributed by atoms with E-state index in [0.717, 1.165) is 22.8 Å². The topological polar surface area (TPSA) is 24.4 Å². The molecule has 1 N–H and O–H groups in total. The van der Waals surface area contributed by atoms with Crippen LogP contribution in [0, 0.1) is 0 Å². The average Bonchev–Trinajstić information content (AvgIpc) is 2.27. The summed E-state index contributed by atoms with van der Waals surface area (Å²) in [5.74, 6) is 0. The lowest BCUT2D eigenvalue weighted by Crippen LogP contribution is -2.43. The van der Waals surface area contributed by atoms with Crippen molar-refractivity contribution in [1.82, 2.24) is 5.32 Å². The third-order valence-electron chi connectivity index (χ3n) is 2.18. The largest absolute Gasteiger partial charge is 0.306 e. The van der Waals surface area contributed by atoms with Crippen LogP contribution in [0.15, 0.2) is 17.3 Å². The van der Waals surface area contributed by atoms with Crippen LogP contribution in [-0.2, 0) is 0 Å². The first-order chi connectivity index (χ1) is 7.19. The number of nitrogens with one attached hydrogen (secondary N) is 1. The predicted octanol–water partition coefficient (Wildman–Crippen LogP) is 3.51. The molecule has 2 atom stereocenters. The zero-order chi connectivity index (χ0) is 11.7. The third-order valence-corrected chi connectivity index (χ3v) is 3.40. The number of nitrogens with zero attached hydrogens (tertiary/aromatic N) is 1. The second-order valence-electron chi connectivity index (χ2n) is 3.42. The van der Waals surface area contributed by atoms with E-state index in [4.69, 9.17) is 0 Å². The molecule has 0 bridgehead atoms. The van der Waals surface area contributed by atoms with Crippen molar-refractivity contribution < 1.29 is 0 Å². The minimum absolute atomic E-state index is 0.301. The van der Waals surface area contributed by atoms with Crippen molar-refractivity contribution in [3.05, 3.63) is 12.3 Å². The minimum Gasteiger partial charge on any atom is -0.306 e. The van der Waals surface area contributed by atoms with E-state index < -0.39 is 0 Å². The van der Waals surface area contributed by atoms with Crippen molar-refractivity contribution in [3.63, 3.8) is 0 Å². The third kappa shape index (κ3) is 6.48. The zero-order valence-corrected chi connectivity index (χ0v) is 12.8. The van der Waals surface area contributed by atoms with Gasteiger partial charge in [-0.2, -0.15) is 0 Å². The lowest BCUT2D eigenvalue weighted by Gasteiger charge is -2.21. The fourth-order valence-corrected chi connectivity index (χ4v) is 2.18. The van der Waals surface area contributed by atoms with Gasteiger partial charge in [-0.3, -0.25) is 4.99 Å². The van der Waals surface area contributed by atoms with Crippen molar-refractivity contribution in [1.29, 1.82) is 0 Å². The molecule has 0 rings (SSSR count). The smallest absolute Gasteiger partial charge is 0.0564 e. The van der Waals surface area contributed by atoms with Crippen LogP contribution < -0.4 is 5.32 Å². The number of alkyl halides is 2. The van der Waals surface area contributed by atoms with Crippen LogP contribution in [0.5, 0.6) is 0 Å². The second kappa shape index (κ2) is 9.55. The van der Waals surface area contributed by atoms with Crippen LogP contribution in [0.1, 0.15) is 27.2 Å². The fraction of sp³-hybridized carbons (Fsp3) is 0.727. The number of allylic oxidation sites excluding steroid dienone is 1. The Balaban J connectivity index is 4.46. The summed E-state index contributed by atoms with van der Waals surface area (Å²) >= 11 is 6.99. The molecular formula is C11H20Br2N2. The Morgan fingerprint density at radius 1 is 1.47 bits per heavy atom. The van der Waals surface area contributed by atoms with Gasteiger partial charge in [0.1, 0.15) is 0 Å². The summed E-state index contributed by atoms with van der Waals surface area (Å²) < 4.78 is 0. The summed E-state index contributed by atoms with van der Waals surface area (Å²) in [7, 11) is 0. The summed E-state index contributed by atoms with van der Waals surface area (Å²) in [5.41, 5.74) is 1.13. The van der Waals surface area contributed by atoms with E-state index in [-0.39, 0.29) is 0 Å². The highest BCUT2D eigenvalue weighted by Crippen LogP contribution is 2.03. The van der Waals surface area contributed by atoms with Gasteiger partial charge in [0, 0.05) is 28.6 Å². The van der Waals surface area contributed by atoms with Crippen molar-refractivity contribution in [2.45, 2.75) is 39.3 Å². The van der Waals surface area contributed by atoms with Gasteiger partial charge in [-0.05, 0) is 20.3 Å². The van der Waals surface area contributed by atoms with Gasteiger partial charge in [-0.15, -0.1) is 0 Å². The molecule has 0 heterocycles. The molecule has 0 aromatic rings. The summed E-state index contributed by atoms with van der Waals surface area (Å²) in [6.45, 7) is 6.34. The van der Waals surface area contributed by atoms with E-state index in [1.807, 2.05) is 19.2 Å². The maximum absolute atomic E-state index is 4.42. The molecule has 2 nitrogen and oxygen atoms in total. The summed E-state index contributed by atoms with van der Waals surface area (Å²) in [5, 5.41) is 5.23. The van der Waals surface area contributed by atoms with Crippen molar-refractivity contribution >= 4 is 37.6 Å². The Labute approximate surface area is 110 Å². The summed E-state index contributed by atoms with van der Waals surface area (Å²) in [4.78, 5) is 4.42. The number of hydrogen-bond acceptors (Lipinski definition) is 2. The molecular weight excluding hydrogens is 320 g/mol. The van der Waals surface area contributed by atoms with E-state index >= 15 is 0 Å². The van der Waals surface area contributed by atoms with Crippen LogP contribution in [0.2, 0.25) is 0 Å². The molecule has 0 saturated carbocycles. The van der Waals surface area contributed by atoms with Crippen LogP contribution in [0.25, 0.3) is 0 Å². The van der Waals surface area contributed by atoms with Gasteiger partial charge in [-0.25, -0.2) is 0 Å². The first-order valence-corrected chi connectivity index (χ1v) is 7.49. The van der Waals surface area contributed by atoms with Crippen molar-refractivity contribution in [3.8, 4) is 0 Å². The Morgan fingerprint density at radius 3 is 2.53 bits per heavy atom. The molecule has 88 valence electrons. The monoisotopic (exact) mass is 338 g/mol. The van der Waals surface area contributed by atoms with Crippen LogP contribution in [0.4, 0.5) is 0 Å². The highest BCUT2D eigenvalue weighted by molar-refractivity contribution is 9.09. The molecule has 0 aromatic carbocycles. The average molecular weight is 340 g/mol. The summed E-state index contributed by atoms with van der Waals surface area (Å²) in [6, 6.07) is 0.818. The quantitative estimate of drug-likeness (QED) is 0.557. The second-order valence-corrected chi connectivity index (χ2v) is 4.63. The minimum atomic E-state index is 0.301. The van der Waals surface area contributed by atoms with E-state index in [1.165, 1.54) is 0 Å². The molecule has 0 radical (unpaired) electrons. The van der Waals surface area contributed by atoms with Gasteiger partial charge in [0.25, 0.3) is 0 Å². The SMILES string of the molecule is C/C=C/N=C(CBr)C(CBr)N[C@@H](C)CC. The van der Waals surface area contributed by atoms with Gasteiger partial charge < -0.3 is 5.32 Å². The van der Waals surface area contributed by atoms with Gasteiger partial charge in [0.2, 0.25) is 0 Å². The Kier molecular flexibility index (Phi) is 9.76. The maximum Gasteiger partial charge on any atom is 0.0564 e. The maximum atomic E-state index is 4.42. The molecule has 0 amide bonds. The lowest BCUT2D eigenvalue weighted by atomic mass is 10.1. The molecule has 0 spiro atoms. The molecule has 15 heavy (non-hydrogen) atoms. The molecule has 4 heteroatoms. The van der Waals surface area contributed by atoms with Crippen LogP contribution >= 0.6 is 31.9 Å². The molecule has 0 saturated heterocycles. The predicted molar refractivity (Wildman–Crippen MR) is 76.5 cm³/mol. The van der Waals surface area contributed by atoms with E-state index in [0.29, 0.717) is 12.1 Å². The fourth-order valence-electron chi connectivity index (χ4n) is 1.08. The molecule has 0 fully saturated rings. The Morgan fingerprint density at radius 2 is 2.13 bits per heavy atom. The number of rotatable bonds is 7. The normalized spacial score (nSPS) is 17.0. The van der Waals surface area contributed by atoms with Gasteiger partial charge in [0.05, 0.1) is 6.04 Å². The van der Waals surface area contributed by atoms with Crippen LogP contribution in [0.3, 0.4) is 0 Å². The van der Waals surface area contributed by atoms with E-state index in [2.05, 4.69) is 56.0 Å². The number of halogens is 2. The van der Waals surface area contributed by atoms with Crippen LogP contribution in [-0.4, -0.2) is 28.5 Å². The highest BCUT2D eigenvalue weighted by Gasteiger charge is 2.14. The van der Waals surface area contributed by atoms with Gasteiger partial charge >= 0.3 is 0 Å². The standard InChI is InChI=1S/C11H20Br2N2/c1-4-6-14-10(7-12)11(8-13)15-9(3)5-2/h4,6,9,11,15H,5,7-8H2,1-3H3/b6-4+,14-10?/t9-,11?/m0/s1.